The number of hydrogen-bond donors (Lipinski definition) is 3. The van der Waals surface area contributed by atoms with Crippen LogP contribution in [0.1, 0.15) is 157 Å². The first-order valence-corrected chi connectivity index (χ1v) is 29.9. The van der Waals surface area contributed by atoms with Gasteiger partial charge in [0, 0.05) is 71.4 Å². The lowest BCUT2D eigenvalue weighted by atomic mass is 9.87. The highest BCUT2D eigenvalue weighted by Crippen LogP contribution is 2.53. The third-order valence-electron chi connectivity index (χ3n) is 16.8. The van der Waals surface area contributed by atoms with Crippen LogP contribution in [-0.2, 0) is 71.8 Å². The number of esters is 1. The number of benzene rings is 1. The summed E-state index contributed by atoms with van der Waals surface area (Å²) >= 11 is 0. The Morgan fingerprint density at radius 2 is 1.43 bits per heavy atom. The molecule has 23 nitrogen and oxygen atoms in total. The van der Waals surface area contributed by atoms with Gasteiger partial charge in [0.05, 0.1) is 55.8 Å². The van der Waals surface area contributed by atoms with E-state index in [-0.39, 0.29) is 98.8 Å². The third-order valence-corrected chi connectivity index (χ3v) is 16.8. The Morgan fingerprint density at radius 3 is 2.04 bits per heavy atom. The largest absolute Gasteiger partial charge is 0.461 e. The van der Waals surface area contributed by atoms with Crippen LogP contribution in [0.25, 0.3) is 0 Å². The smallest absolute Gasteiger partial charge is 0.333 e. The summed E-state index contributed by atoms with van der Waals surface area (Å²) < 4.78 is 17.8. The molecule has 4 fully saturated rings. The van der Waals surface area contributed by atoms with Gasteiger partial charge in [-0.3, -0.25) is 63.1 Å². The summed E-state index contributed by atoms with van der Waals surface area (Å²) in [5, 5.41) is 10.4. The molecule has 1 aromatic rings. The Bertz CT molecular complexity index is 2390. The Labute approximate surface area is 490 Å². The highest BCUT2D eigenvalue weighted by molar-refractivity contribution is 6.02. The number of likely N-dealkylation sites (tertiary alicyclic amines) is 1. The fourth-order valence-electron chi connectivity index (χ4n) is 12.2. The zero-order valence-corrected chi connectivity index (χ0v) is 51.1. The number of nitrogens with one attached hydrogen (secondary N) is 3. The number of nitrogens with zero attached hydrogens (tertiary/aromatic N) is 5. The van der Waals surface area contributed by atoms with E-state index in [2.05, 4.69) is 16.0 Å². The van der Waals surface area contributed by atoms with Gasteiger partial charge >= 0.3 is 11.9 Å². The first-order chi connectivity index (χ1) is 39.4. The van der Waals surface area contributed by atoms with E-state index in [4.69, 9.17) is 23.9 Å². The van der Waals surface area contributed by atoms with E-state index in [0.717, 1.165) is 18.4 Å². The van der Waals surface area contributed by atoms with Crippen molar-refractivity contribution in [2.75, 3.05) is 61.1 Å². The first kappa shape index (κ1) is 67.9. The minimum Gasteiger partial charge on any atom is -0.461 e. The molecule has 0 unspecified atom stereocenters. The van der Waals surface area contributed by atoms with Gasteiger partial charge in [0.25, 0.3) is 17.7 Å². The molecule has 23 heteroatoms. The summed E-state index contributed by atoms with van der Waals surface area (Å²) in [6, 6.07) is 7.23. The molecule has 1 aromatic carbocycles. The van der Waals surface area contributed by atoms with Crippen molar-refractivity contribution in [2.24, 2.45) is 23.7 Å². The van der Waals surface area contributed by atoms with E-state index in [1.807, 2.05) is 83.8 Å². The van der Waals surface area contributed by atoms with Gasteiger partial charge in [-0.15, -0.1) is 5.06 Å². The van der Waals surface area contributed by atoms with Gasteiger partial charge in [0.1, 0.15) is 11.6 Å². The molecule has 3 aliphatic heterocycles. The van der Waals surface area contributed by atoms with Crippen molar-refractivity contribution in [1.82, 2.24) is 40.8 Å². The Kier molecular flexibility index (Phi) is 26.1. The molecule has 8 amide bonds. The van der Waals surface area contributed by atoms with E-state index in [9.17, 15) is 47.9 Å². The van der Waals surface area contributed by atoms with Crippen LogP contribution in [0, 0.1) is 23.7 Å². The Balaban J connectivity index is 1.14. The molecule has 1 aliphatic carbocycles. The molecule has 0 radical (unpaired) electrons. The van der Waals surface area contributed by atoms with Crippen LogP contribution in [0.2, 0.25) is 0 Å². The SMILES string of the molecule is CC[C@H](C)[C@@H]([C@@H](CC(=O)N1CCC[C@H]1[C@H](OC)[C@@H](C)C(=O)N[C@@]1(C(=O)N2CCCCO2)C[C@@H]1c1ccccc1)OC)N(C)[C@H](C(=O)NC(=O)[C@H](C(C)C)N(C)CCCC(=O)O[C@H](C)CNC(=O)CCCC(=O)ON1C(=O)CCC1=O)C(C)C. The lowest BCUT2D eigenvalue weighted by Crippen LogP contribution is -2.60. The second-order valence-corrected chi connectivity index (χ2v) is 23.7. The zero-order valence-electron chi connectivity index (χ0n) is 51.1. The van der Waals surface area contributed by atoms with Crippen molar-refractivity contribution >= 4 is 59.2 Å². The molecule has 1 saturated carbocycles. The summed E-state index contributed by atoms with van der Waals surface area (Å²) in [4.78, 5) is 149. The van der Waals surface area contributed by atoms with Gasteiger partial charge in [0.15, 0.2) is 0 Å². The molecule has 464 valence electrons. The maximum absolute atomic E-state index is 14.7. The van der Waals surface area contributed by atoms with Crippen LogP contribution in [0.4, 0.5) is 0 Å². The normalized spacial score (nSPS) is 22.0. The summed E-state index contributed by atoms with van der Waals surface area (Å²) in [6.07, 6.45) is 2.22. The van der Waals surface area contributed by atoms with Crippen LogP contribution >= 0.6 is 0 Å². The van der Waals surface area contributed by atoms with E-state index < -0.39 is 89.5 Å². The average Bonchev–Trinajstić information content (AvgIpc) is 1.78. The standard InChI is InChI=1S/C60H94N8O15/c1-13-39(6)54(45(79-11)34-49(72)66-31-20-24-44(66)55(80-12)41(8)56(75)63-60(59(78)67-32-17-18-33-81-67)35-43(60)42-22-15-14-16-23-42)65(10)53(38(4)5)58(77)62-57(76)52(37(2)3)64(9)30-21-27-50(73)82-40(7)36-61-46(69)25-19-26-51(74)83-68-47(70)28-29-48(68)71/h14-16,22-23,37-41,43-45,52-55H,13,17-21,24-36H2,1-12H3,(H,61,69)(H,63,75)(H,62,76,77)/t39-,40+,41+,43+,44-,45+,52-,53-,54-,55+,60-/m0/s1. The van der Waals surface area contributed by atoms with Gasteiger partial charge < -0.3 is 34.6 Å². The number of imide groups is 2. The summed E-state index contributed by atoms with van der Waals surface area (Å²) in [7, 11) is 6.67. The number of hydrogen-bond acceptors (Lipinski definition) is 17. The lowest BCUT2D eigenvalue weighted by Gasteiger charge is -2.43. The van der Waals surface area contributed by atoms with Crippen molar-refractivity contribution in [3.63, 3.8) is 0 Å². The number of carbonyl (C=O) groups excluding carboxylic acids is 10. The molecular formula is C60H94N8O15. The molecule has 11 atom stereocenters. The Hall–Kier alpha value is -5.88. The monoisotopic (exact) mass is 1170 g/mol. The van der Waals surface area contributed by atoms with Gasteiger partial charge in [0.2, 0.25) is 29.5 Å². The van der Waals surface area contributed by atoms with Crippen LogP contribution in [0.3, 0.4) is 0 Å². The van der Waals surface area contributed by atoms with Crippen molar-refractivity contribution in [3.05, 3.63) is 35.9 Å². The highest BCUT2D eigenvalue weighted by Gasteiger charge is 2.64. The molecule has 0 spiro atoms. The summed E-state index contributed by atoms with van der Waals surface area (Å²) in [5.74, 6) is -6.20. The summed E-state index contributed by atoms with van der Waals surface area (Å²) in [5.41, 5.74) is -0.226. The Morgan fingerprint density at radius 1 is 0.783 bits per heavy atom. The predicted octanol–water partition coefficient (Wildman–Crippen LogP) is 4.21. The van der Waals surface area contributed by atoms with Crippen molar-refractivity contribution in [2.45, 2.75) is 199 Å². The van der Waals surface area contributed by atoms with Crippen LogP contribution in [-0.4, -0.2) is 193 Å². The molecular weight excluding hydrogens is 1070 g/mol. The number of hydroxylamine groups is 4. The highest BCUT2D eigenvalue weighted by atomic mass is 16.7. The molecule has 3 N–H and O–H groups in total. The summed E-state index contributed by atoms with van der Waals surface area (Å²) in [6.45, 7) is 16.7. The van der Waals surface area contributed by atoms with Crippen LogP contribution in [0.5, 0.6) is 0 Å². The third kappa shape index (κ3) is 18.1. The quantitative estimate of drug-likeness (QED) is 0.0674. The van der Waals surface area contributed by atoms with E-state index in [0.29, 0.717) is 63.4 Å². The number of amides is 8. The first-order valence-electron chi connectivity index (χ1n) is 29.9. The van der Waals surface area contributed by atoms with Gasteiger partial charge in [-0.1, -0.05) is 85.2 Å². The maximum atomic E-state index is 14.7. The van der Waals surface area contributed by atoms with Crippen LogP contribution in [0.15, 0.2) is 30.3 Å². The molecule has 0 bridgehead atoms. The topological polar surface area (TPSA) is 269 Å². The van der Waals surface area contributed by atoms with Crippen molar-refractivity contribution in [3.8, 4) is 0 Å². The molecule has 3 saturated heterocycles. The zero-order chi connectivity index (χ0) is 61.3. The van der Waals surface area contributed by atoms with Crippen molar-refractivity contribution in [1.29, 1.82) is 0 Å². The average molecular weight is 1170 g/mol. The molecule has 83 heavy (non-hydrogen) atoms. The number of carbonyl (C=O) groups is 10. The molecule has 4 aliphatic rings. The van der Waals surface area contributed by atoms with Crippen LogP contribution < -0.4 is 16.0 Å². The second kappa shape index (κ2) is 31.9. The minimum atomic E-state index is -1.18. The van der Waals surface area contributed by atoms with Gasteiger partial charge in [-0.05, 0) is 95.8 Å². The van der Waals surface area contributed by atoms with Gasteiger partial charge in [-0.25, -0.2) is 9.86 Å². The fourth-order valence-corrected chi connectivity index (χ4v) is 12.2. The molecule has 3 heterocycles. The van der Waals surface area contributed by atoms with E-state index >= 15 is 0 Å². The minimum absolute atomic E-state index is 0.0207. The van der Waals surface area contributed by atoms with E-state index in [1.165, 1.54) is 12.2 Å². The maximum Gasteiger partial charge on any atom is 0.333 e. The lowest BCUT2D eigenvalue weighted by molar-refractivity contribution is -0.200. The fraction of sp³-hybridized carbons (Fsp3) is 0.733. The molecule has 5 rings (SSSR count). The number of rotatable bonds is 32. The predicted molar refractivity (Wildman–Crippen MR) is 305 cm³/mol. The second-order valence-electron chi connectivity index (χ2n) is 23.7. The number of ether oxygens (including phenoxy) is 3. The number of methoxy groups -OCH3 is 2. The molecule has 0 aromatic heterocycles. The van der Waals surface area contributed by atoms with E-state index in [1.54, 1.807) is 37.8 Å². The van der Waals surface area contributed by atoms with Crippen molar-refractivity contribution < 1.29 is 71.8 Å². The van der Waals surface area contributed by atoms with Gasteiger partial charge in [-0.2, -0.15) is 0 Å². The number of likely N-dealkylation sites (N-methyl/N-ethyl adjacent to an activating group) is 2.